The predicted octanol–water partition coefficient (Wildman–Crippen LogP) is 3.69. The number of carbonyl (C=O) groups is 2. The Bertz CT molecular complexity index is 1000. The maximum absolute atomic E-state index is 10.6. The fraction of sp³-hybridized carbons (Fsp3) is 0.478. The molecule has 2 aromatic heterocycles. The van der Waals surface area contributed by atoms with Crippen LogP contribution < -0.4 is 0 Å². The zero-order valence-corrected chi connectivity index (χ0v) is 19.8. The Kier molecular flexibility index (Phi) is 11.0. The summed E-state index contributed by atoms with van der Waals surface area (Å²) in [6.45, 7) is 4.30. The zero-order valence-electron chi connectivity index (χ0n) is 19.8. The van der Waals surface area contributed by atoms with E-state index in [-0.39, 0.29) is 11.7 Å². The molecule has 2 fully saturated rings. The SMILES string of the molecule is O=C(O)C(F)(F)F.O=C(O)C(F)(F)F.c1cncc(CO[C@@H]2CO[C@@]3(CCN(Cc4cccnc4)C3)C2)c1. The molecule has 0 amide bonds. The minimum absolute atomic E-state index is 0.0260. The molecule has 0 aliphatic carbocycles. The summed E-state index contributed by atoms with van der Waals surface area (Å²) in [5.41, 5.74) is 2.35. The molecule has 4 rings (SSSR count). The van der Waals surface area contributed by atoms with Crippen molar-refractivity contribution in [2.45, 2.75) is 50.1 Å². The molecular weight excluding hydrogens is 528 g/mol. The van der Waals surface area contributed by atoms with Gasteiger partial charge in [-0.15, -0.1) is 0 Å². The largest absolute Gasteiger partial charge is 0.490 e. The topological polar surface area (TPSA) is 122 Å². The lowest BCUT2D eigenvalue weighted by atomic mass is 9.98. The molecule has 15 heteroatoms. The lowest BCUT2D eigenvalue weighted by Gasteiger charge is -2.23. The lowest BCUT2D eigenvalue weighted by Crippen LogP contribution is -2.33. The summed E-state index contributed by atoms with van der Waals surface area (Å²) in [7, 11) is 0. The van der Waals surface area contributed by atoms with Gasteiger partial charge < -0.3 is 19.7 Å². The molecule has 2 atom stereocenters. The molecule has 2 aliphatic rings. The molecule has 0 unspecified atom stereocenters. The molecule has 2 N–H and O–H groups in total. The van der Waals surface area contributed by atoms with E-state index >= 15 is 0 Å². The van der Waals surface area contributed by atoms with Crippen molar-refractivity contribution in [3.63, 3.8) is 0 Å². The van der Waals surface area contributed by atoms with Gasteiger partial charge in [0, 0.05) is 50.8 Å². The van der Waals surface area contributed by atoms with Crippen LogP contribution in [0, 0.1) is 0 Å². The summed E-state index contributed by atoms with van der Waals surface area (Å²) in [6, 6.07) is 8.12. The van der Waals surface area contributed by atoms with Crippen LogP contribution in [0.4, 0.5) is 26.3 Å². The number of nitrogens with zero attached hydrogens (tertiary/aromatic N) is 3. The molecular formula is C23H25F6N3O6. The molecule has 0 bridgehead atoms. The van der Waals surface area contributed by atoms with E-state index in [1.54, 1.807) is 6.20 Å². The number of halogens is 6. The van der Waals surface area contributed by atoms with Gasteiger partial charge in [-0.25, -0.2) is 9.59 Å². The van der Waals surface area contributed by atoms with Gasteiger partial charge in [-0.2, -0.15) is 26.3 Å². The van der Waals surface area contributed by atoms with Crippen molar-refractivity contribution in [2.24, 2.45) is 0 Å². The quantitative estimate of drug-likeness (QED) is 0.534. The number of likely N-dealkylation sites (tertiary alicyclic amines) is 1. The first-order valence-electron chi connectivity index (χ1n) is 11.1. The van der Waals surface area contributed by atoms with E-state index in [0.717, 1.165) is 38.0 Å². The summed E-state index contributed by atoms with van der Waals surface area (Å²) < 4.78 is 75.7. The summed E-state index contributed by atoms with van der Waals surface area (Å²) in [6.07, 6.45) is -0.511. The van der Waals surface area contributed by atoms with Crippen LogP contribution in [0.2, 0.25) is 0 Å². The van der Waals surface area contributed by atoms with Gasteiger partial charge in [-0.05, 0) is 29.7 Å². The predicted molar refractivity (Wildman–Crippen MR) is 118 cm³/mol. The standard InChI is InChI=1S/C19H23N3O2.2C2HF3O2/c1-3-16(10-20-6-1)12-22-8-5-19(15-22)9-18(14-24-19)23-13-17-4-2-7-21-11-17;2*3-2(4,5)1(6)7/h1-4,6-7,10-11,18H,5,8-9,12-15H2;2*(H,6,7)/t18-,19-;;/m0../s1. The van der Waals surface area contributed by atoms with Gasteiger partial charge in [-0.3, -0.25) is 14.9 Å². The van der Waals surface area contributed by atoms with Crippen LogP contribution in [0.5, 0.6) is 0 Å². The third-order valence-corrected chi connectivity index (χ3v) is 5.39. The minimum Gasteiger partial charge on any atom is -0.475 e. The van der Waals surface area contributed by atoms with Crippen LogP contribution in [0.3, 0.4) is 0 Å². The number of hydrogen-bond donors (Lipinski definition) is 2. The average Bonchev–Trinajstić information content (AvgIpc) is 3.44. The number of hydrogen-bond acceptors (Lipinski definition) is 7. The van der Waals surface area contributed by atoms with E-state index in [1.807, 2.05) is 36.8 Å². The van der Waals surface area contributed by atoms with Crippen molar-refractivity contribution < 1.29 is 55.6 Å². The molecule has 2 saturated heterocycles. The van der Waals surface area contributed by atoms with Gasteiger partial charge in [0.25, 0.3) is 0 Å². The van der Waals surface area contributed by atoms with Gasteiger partial charge in [-0.1, -0.05) is 12.1 Å². The number of alkyl halides is 6. The first kappa shape index (κ1) is 30.9. The number of rotatable bonds is 5. The molecule has 38 heavy (non-hydrogen) atoms. The van der Waals surface area contributed by atoms with Gasteiger partial charge in [0.1, 0.15) is 0 Å². The van der Waals surface area contributed by atoms with E-state index in [0.29, 0.717) is 13.2 Å². The highest BCUT2D eigenvalue weighted by atomic mass is 19.4. The fourth-order valence-electron chi connectivity index (χ4n) is 3.70. The summed E-state index contributed by atoms with van der Waals surface area (Å²) >= 11 is 0. The molecule has 0 saturated carbocycles. The van der Waals surface area contributed by atoms with E-state index < -0.39 is 24.3 Å². The second kappa shape index (κ2) is 13.5. The summed E-state index contributed by atoms with van der Waals surface area (Å²) in [5.74, 6) is -5.51. The Morgan fingerprint density at radius 2 is 1.53 bits per heavy atom. The minimum atomic E-state index is -5.08. The van der Waals surface area contributed by atoms with Gasteiger partial charge in [0.2, 0.25) is 0 Å². The highest BCUT2D eigenvalue weighted by Crippen LogP contribution is 2.37. The zero-order chi connectivity index (χ0) is 28.4. The van der Waals surface area contributed by atoms with Gasteiger partial charge >= 0.3 is 24.3 Å². The Hall–Kier alpha value is -3.30. The third kappa shape index (κ3) is 10.6. The smallest absolute Gasteiger partial charge is 0.475 e. The van der Waals surface area contributed by atoms with E-state index in [2.05, 4.69) is 20.9 Å². The highest BCUT2D eigenvalue weighted by Gasteiger charge is 2.45. The van der Waals surface area contributed by atoms with Crippen molar-refractivity contribution in [3.05, 3.63) is 60.2 Å². The Labute approximate surface area is 213 Å². The lowest BCUT2D eigenvalue weighted by molar-refractivity contribution is -0.193. The molecule has 4 heterocycles. The van der Waals surface area contributed by atoms with Crippen molar-refractivity contribution >= 4 is 11.9 Å². The molecule has 0 aromatic carbocycles. The van der Waals surface area contributed by atoms with Crippen LogP contribution in [0.25, 0.3) is 0 Å². The Balaban J connectivity index is 0.000000301. The third-order valence-electron chi connectivity index (χ3n) is 5.39. The number of aliphatic carboxylic acids is 2. The van der Waals surface area contributed by atoms with Crippen LogP contribution in [0.1, 0.15) is 24.0 Å². The van der Waals surface area contributed by atoms with Crippen molar-refractivity contribution in [2.75, 3.05) is 19.7 Å². The van der Waals surface area contributed by atoms with Crippen molar-refractivity contribution in [1.82, 2.24) is 14.9 Å². The monoisotopic (exact) mass is 553 g/mol. The van der Waals surface area contributed by atoms with E-state index in [1.165, 1.54) is 5.56 Å². The average molecular weight is 553 g/mol. The number of aromatic nitrogens is 2. The summed E-state index contributed by atoms with van der Waals surface area (Å²) in [4.78, 5) is 28.6. The second-order valence-electron chi connectivity index (χ2n) is 8.42. The van der Waals surface area contributed by atoms with Gasteiger partial charge in [0.05, 0.1) is 24.9 Å². The van der Waals surface area contributed by atoms with E-state index in [4.69, 9.17) is 29.3 Å². The van der Waals surface area contributed by atoms with Crippen molar-refractivity contribution in [1.29, 1.82) is 0 Å². The maximum atomic E-state index is 10.6. The number of pyridine rings is 2. The molecule has 210 valence electrons. The van der Waals surface area contributed by atoms with Crippen LogP contribution in [-0.2, 0) is 32.2 Å². The van der Waals surface area contributed by atoms with Crippen LogP contribution >= 0.6 is 0 Å². The number of carboxylic acid groups (broad SMARTS) is 2. The fourth-order valence-corrected chi connectivity index (χ4v) is 3.70. The number of carboxylic acids is 2. The Morgan fingerprint density at radius 1 is 1.00 bits per heavy atom. The number of ether oxygens (including phenoxy) is 2. The first-order chi connectivity index (χ1) is 17.7. The molecule has 1 spiro atoms. The molecule has 2 aliphatic heterocycles. The van der Waals surface area contributed by atoms with Gasteiger partial charge in [0.15, 0.2) is 0 Å². The normalized spacial score (nSPS) is 21.3. The maximum Gasteiger partial charge on any atom is 0.490 e. The summed E-state index contributed by atoms with van der Waals surface area (Å²) in [5, 5.41) is 14.2. The highest BCUT2D eigenvalue weighted by molar-refractivity contribution is 5.73. The van der Waals surface area contributed by atoms with E-state index in [9.17, 15) is 26.3 Å². The van der Waals surface area contributed by atoms with Crippen molar-refractivity contribution in [3.8, 4) is 0 Å². The molecule has 2 aromatic rings. The van der Waals surface area contributed by atoms with Crippen LogP contribution in [-0.4, -0.2) is 80.8 Å². The second-order valence-corrected chi connectivity index (χ2v) is 8.42. The molecule has 9 nitrogen and oxygen atoms in total. The Morgan fingerprint density at radius 3 is 2.00 bits per heavy atom. The molecule has 0 radical (unpaired) electrons. The van der Waals surface area contributed by atoms with Crippen LogP contribution in [0.15, 0.2) is 49.1 Å². The first-order valence-corrected chi connectivity index (χ1v) is 11.1.